The summed E-state index contributed by atoms with van der Waals surface area (Å²) >= 11 is 3.56. The molecule has 104 valence electrons. The average Bonchev–Trinajstić information content (AvgIpc) is 2.35. The Morgan fingerprint density at radius 3 is 2.58 bits per heavy atom. The van der Waals surface area contributed by atoms with Gasteiger partial charge in [-0.25, -0.2) is 0 Å². The van der Waals surface area contributed by atoms with Crippen molar-refractivity contribution in [3.05, 3.63) is 34.3 Å². The molecular formula is C16H23BrN2. The Morgan fingerprint density at radius 2 is 1.89 bits per heavy atom. The molecule has 1 saturated carbocycles. The van der Waals surface area contributed by atoms with Gasteiger partial charge in [0, 0.05) is 16.6 Å². The fraction of sp³-hybridized carbons (Fsp3) is 0.625. The molecule has 0 spiro atoms. The monoisotopic (exact) mass is 322 g/mol. The van der Waals surface area contributed by atoms with E-state index in [1.807, 2.05) is 0 Å². The molecule has 2 nitrogen and oxygen atoms in total. The number of rotatable bonds is 3. The van der Waals surface area contributed by atoms with Gasteiger partial charge in [0.25, 0.3) is 0 Å². The van der Waals surface area contributed by atoms with Crippen molar-refractivity contribution in [2.24, 2.45) is 0 Å². The lowest BCUT2D eigenvalue weighted by Crippen LogP contribution is -2.49. The number of halogens is 1. The van der Waals surface area contributed by atoms with Gasteiger partial charge < -0.3 is 10.2 Å². The first kappa shape index (κ1) is 13.6. The largest absolute Gasteiger partial charge is 0.311 e. The van der Waals surface area contributed by atoms with Crippen LogP contribution in [0.3, 0.4) is 0 Å². The normalized spacial score (nSPS) is 29.2. The van der Waals surface area contributed by atoms with E-state index < -0.39 is 0 Å². The predicted octanol–water partition coefficient (Wildman–Crippen LogP) is 3.38. The van der Waals surface area contributed by atoms with Gasteiger partial charge in [-0.15, -0.1) is 0 Å². The summed E-state index contributed by atoms with van der Waals surface area (Å²) in [6, 6.07) is 10.3. The lowest BCUT2D eigenvalue weighted by Gasteiger charge is -2.40. The molecule has 0 aromatic heterocycles. The zero-order chi connectivity index (χ0) is 13.2. The van der Waals surface area contributed by atoms with Crippen LogP contribution in [0.4, 0.5) is 0 Å². The summed E-state index contributed by atoms with van der Waals surface area (Å²) in [4.78, 5) is 2.43. The molecular weight excluding hydrogens is 300 g/mol. The van der Waals surface area contributed by atoms with Crippen LogP contribution in [0, 0.1) is 0 Å². The molecule has 3 heteroatoms. The lowest BCUT2D eigenvalue weighted by molar-refractivity contribution is 0.192. The van der Waals surface area contributed by atoms with Crippen LogP contribution in [0.15, 0.2) is 28.7 Å². The molecule has 1 aliphatic heterocycles. The van der Waals surface area contributed by atoms with Crippen LogP contribution in [-0.4, -0.2) is 37.1 Å². The van der Waals surface area contributed by atoms with E-state index in [1.54, 1.807) is 0 Å². The molecule has 1 aromatic rings. The van der Waals surface area contributed by atoms with Gasteiger partial charge >= 0.3 is 0 Å². The molecule has 2 aliphatic rings. The molecule has 0 unspecified atom stereocenters. The van der Waals surface area contributed by atoms with Gasteiger partial charge in [-0.2, -0.15) is 0 Å². The third kappa shape index (κ3) is 3.39. The Hall–Kier alpha value is -0.380. The van der Waals surface area contributed by atoms with Crippen LogP contribution in [0.25, 0.3) is 0 Å². The SMILES string of the molecule is CN1CCC(NC2CC(c3cccc(Br)c3)C2)CC1. The second kappa shape index (κ2) is 5.94. The molecule has 3 rings (SSSR count). The topological polar surface area (TPSA) is 15.3 Å². The second-order valence-electron chi connectivity index (χ2n) is 6.16. The number of hydrogen-bond donors (Lipinski definition) is 1. The van der Waals surface area contributed by atoms with Crippen molar-refractivity contribution < 1.29 is 0 Å². The smallest absolute Gasteiger partial charge is 0.0178 e. The molecule has 0 atom stereocenters. The van der Waals surface area contributed by atoms with Crippen molar-refractivity contribution in [2.75, 3.05) is 20.1 Å². The highest BCUT2D eigenvalue weighted by Crippen LogP contribution is 2.38. The Bertz CT molecular complexity index is 421. The average molecular weight is 323 g/mol. The van der Waals surface area contributed by atoms with Gasteiger partial charge in [0.2, 0.25) is 0 Å². The number of hydrogen-bond acceptors (Lipinski definition) is 2. The highest BCUT2D eigenvalue weighted by atomic mass is 79.9. The van der Waals surface area contributed by atoms with Crippen molar-refractivity contribution in [3.8, 4) is 0 Å². The maximum atomic E-state index is 3.85. The van der Waals surface area contributed by atoms with Crippen LogP contribution in [-0.2, 0) is 0 Å². The summed E-state index contributed by atoms with van der Waals surface area (Å²) in [7, 11) is 2.23. The highest BCUT2D eigenvalue weighted by Gasteiger charge is 2.32. The fourth-order valence-electron chi connectivity index (χ4n) is 3.30. The van der Waals surface area contributed by atoms with Crippen LogP contribution >= 0.6 is 15.9 Å². The van der Waals surface area contributed by atoms with Gasteiger partial charge in [0.15, 0.2) is 0 Å². The first-order valence-corrected chi connectivity index (χ1v) is 8.20. The second-order valence-corrected chi connectivity index (χ2v) is 7.08. The van der Waals surface area contributed by atoms with E-state index in [1.165, 1.54) is 48.8 Å². The summed E-state index contributed by atoms with van der Waals surface area (Å²) in [6.07, 6.45) is 5.24. The van der Waals surface area contributed by atoms with E-state index in [9.17, 15) is 0 Å². The van der Waals surface area contributed by atoms with E-state index in [-0.39, 0.29) is 0 Å². The van der Waals surface area contributed by atoms with Crippen molar-refractivity contribution in [3.63, 3.8) is 0 Å². The van der Waals surface area contributed by atoms with Crippen molar-refractivity contribution >= 4 is 15.9 Å². The Balaban J connectivity index is 1.45. The van der Waals surface area contributed by atoms with Gasteiger partial charge in [0.05, 0.1) is 0 Å². The Kier molecular flexibility index (Phi) is 4.25. The van der Waals surface area contributed by atoms with Gasteiger partial charge in [-0.05, 0) is 69.4 Å². The summed E-state index contributed by atoms with van der Waals surface area (Å²) in [5, 5.41) is 3.85. The molecule has 1 N–H and O–H groups in total. The quantitative estimate of drug-likeness (QED) is 0.917. The van der Waals surface area contributed by atoms with E-state index in [0.717, 1.165) is 18.0 Å². The summed E-state index contributed by atoms with van der Waals surface area (Å²) in [5.74, 6) is 0.765. The minimum absolute atomic E-state index is 0.748. The number of piperidine rings is 1. The maximum absolute atomic E-state index is 3.85. The van der Waals surface area contributed by atoms with Crippen molar-refractivity contribution in [1.29, 1.82) is 0 Å². The van der Waals surface area contributed by atoms with Gasteiger partial charge in [-0.3, -0.25) is 0 Å². The molecule has 19 heavy (non-hydrogen) atoms. The number of nitrogens with one attached hydrogen (secondary N) is 1. The van der Waals surface area contributed by atoms with Crippen LogP contribution in [0.1, 0.15) is 37.2 Å². The molecule has 2 fully saturated rings. The van der Waals surface area contributed by atoms with Crippen LogP contribution in [0.5, 0.6) is 0 Å². The third-order valence-corrected chi connectivity index (χ3v) is 5.14. The highest BCUT2D eigenvalue weighted by molar-refractivity contribution is 9.10. The maximum Gasteiger partial charge on any atom is 0.0178 e. The summed E-state index contributed by atoms with van der Waals surface area (Å²) in [5.41, 5.74) is 1.50. The fourth-order valence-corrected chi connectivity index (χ4v) is 3.71. The lowest BCUT2D eigenvalue weighted by atomic mass is 9.75. The summed E-state index contributed by atoms with van der Waals surface area (Å²) < 4.78 is 1.21. The molecule has 0 bridgehead atoms. The van der Waals surface area contributed by atoms with Gasteiger partial charge in [0.1, 0.15) is 0 Å². The van der Waals surface area contributed by atoms with E-state index in [4.69, 9.17) is 0 Å². The summed E-state index contributed by atoms with van der Waals surface area (Å²) in [6.45, 7) is 2.50. The van der Waals surface area contributed by atoms with Crippen molar-refractivity contribution in [2.45, 2.75) is 43.7 Å². The van der Waals surface area contributed by atoms with Gasteiger partial charge in [-0.1, -0.05) is 28.1 Å². The standard InChI is InChI=1S/C16H23BrN2/c1-19-7-5-15(6-8-19)18-16-10-13(11-16)12-3-2-4-14(17)9-12/h2-4,9,13,15-16,18H,5-8,10-11H2,1H3. The molecule has 1 aliphatic carbocycles. The van der Waals surface area contributed by atoms with E-state index in [2.05, 4.69) is 57.5 Å². The number of benzene rings is 1. The minimum atomic E-state index is 0.748. The van der Waals surface area contributed by atoms with Crippen LogP contribution in [0.2, 0.25) is 0 Å². The molecule has 1 heterocycles. The number of nitrogens with zero attached hydrogens (tertiary/aromatic N) is 1. The molecule has 0 radical (unpaired) electrons. The first-order valence-electron chi connectivity index (χ1n) is 7.41. The van der Waals surface area contributed by atoms with Crippen molar-refractivity contribution in [1.82, 2.24) is 10.2 Å². The molecule has 0 amide bonds. The van der Waals surface area contributed by atoms with E-state index >= 15 is 0 Å². The Morgan fingerprint density at radius 1 is 1.16 bits per heavy atom. The zero-order valence-electron chi connectivity index (χ0n) is 11.6. The predicted molar refractivity (Wildman–Crippen MR) is 83.6 cm³/mol. The molecule has 1 saturated heterocycles. The Labute approximate surface area is 124 Å². The first-order chi connectivity index (χ1) is 9.20. The number of likely N-dealkylation sites (tertiary alicyclic amines) is 1. The third-order valence-electron chi connectivity index (χ3n) is 4.65. The minimum Gasteiger partial charge on any atom is -0.311 e. The van der Waals surface area contributed by atoms with E-state index in [0.29, 0.717) is 0 Å². The zero-order valence-corrected chi connectivity index (χ0v) is 13.2. The van der Waals surface area contributed by atoms with Crippen LogP contribution < -0.4 is 5.32 Å². The molecule has 1 aromatic carbocycles.